The smallest absolute Gasteiger partial charge is 0.223 e. The summed E-state index contributed by atoms with van der Waals surface area (Å²) in [5.74, 6) is 0.925. The summed E-state index contributed by atoms with van der Waals surface area (Å²) in [4.78, 5) is 23.6. The summed E-state index contributed by atoms with van der Waals surface area (Å²) in [6, 6.07) is 0.494. The van der Waals surface area contributed by atoms with Crippen LogP contribution >= 0.6 is 0 Å². The van der Waals surface area contributed by atoms with Crippen molar-refractivity contribution >= 4 is 11.9 Å². The highest BCUT2D eigenvalue weighted by Crippen LogP contribution is 2.38. The van der Waals surface area contributed by atoms with Gasteiger partial charge in [0.05, 0.1) is 17.8 Å². The molecule has 2 heterocycles. The van der Waals surface area contributed by atoms with Crippen molar-refractivity contribution in [3.05, 3.63) is 17.5 Å². The lowest BCUT2D eigenvalue weighted by Crippen LogP contribution is -2.40. The highest BCUT2D eigenvalue weighted by atomic mass is 16.2. The topological polar surface area (TPSA) is 58.1 Å². The normalized spacial score (nSPS) is 20.4. The highest BCUT2D eigenvalue weighted by molar-refractivity contribution is 5.78. The first-order valence-electron chi connectivity index (χ1n) is 8.95. The Morgan fingerprint density at radius 3 is 2.78 bits per heavy atom. The molecule has 5 nitrogen and oxygen atoms in total. The van der Waals surface area contributed by atoms with Crippen molar-refractivity contribution in [2.75, 3.05) is 5.32 Å². The van der Waals surface area contributed by atoms with Crippen LogP contribution in [0.1, 0.15) is 77.0 Å². The molecule has 1 aliphatic heterocycles. The van der Waals surface area contributed by atoms with Crippen LogP contribution in [0.3, 0.4) is 0 Å². The summed E-state index contributed by atoms with van der Waals surface area (Å²) in [6.45, 7) is 6.82. The van der Waals surface area contributed by atoms with Gasteiger partial charge in [-0.1, -0.05) is 26.2 Å². The average molecular weight is 316 g/mol. The van der Waals surface area contributed by atoms with Crippen molar-refractivity contribution in [3.63, 3.8) is 0 Å². The van der Waals surface area contributed by atoms with Gasteiger partial charge in [0.1, 0.15) is 0 Å². The molecule has 0 atom stereocenters. The van der Waals surface area contributed by atoms with Gasteiger partial charge in [0.25, 0.3) is 0 Å². The van der Waals surface area contributed by atoms with Gasteiger partial charge in [-0.3, -0.25) is 4.79 Å². The van der Waals surface area contributed by atoms with Gasteiger partial charge in [-0.2, -0.15) is 0 Å². The molecule has 1 saturated carbocycles. The maximum Gasteiger partial charge on any atom is 0.223 e. The molecule has 0 bridgehead atoms. The van der Waals surface area contributed by atoms with E-state index in [9.17, 15) is 4.79 Å². The molecule has 1 aliphatic carbocycles. The zero-order valence-electron chi connectivity index (χ0n) is 14.6. The fourth-order valence-corrected chi connectivity index (χ4v) is 3.79. The third-order valence-electron chi connectivity index (χ3n) is 5.21. The number of nitrogens with one attached hydrogen (secondary N) is 1. The van der Waals surface area contributed by atoms with E-state index in [-0.39, 0.29) is 11.4 Å². The van der Waals surface area contributed by atoms with Crippen LogP contribution in [0.15, 0.2) is 6.20 Å². The van der Waals surface area contributed by atoms with E-state index < -0.39 is 0 Å². The number of rotatable bonds is 4. The van der Waals surface area contributed by atoms with Gasteiger partial charge in [-0.05, 0) is 33.1 Å². The van der Waals surface area contributed by atoms with Gasteiger partial charge in [-0.25, -0.2) is 9.97 Å². The molecule has 3 rings (SSSR count). The maximum atomic E-state index is 12.4. The Bertz CT molecular complexity index is 578. The Kier molecular flexibility index (Phi) is 4.55. The minimum Gasteiger partial charge on any atom is -0.351 e. The molecule has 1 N–H and O–H groups in total. The molecule has 1 aromatic rings. The number of amides is 1. The summed E-state index contributed by atoms with van der Waals surface area (Å²) in [6.07, 6.45) is 9.70. The zero-order chi connectivity index (χ0) is 16.4. The number of fused-ring (bicyclic) bond motifs is 1. The van der Waals surface area contributed by atoms with E-state index in [1.807, 2.05) is 18.0 Å². The average Bonchev–Trinajstić information content (AvgIpc) is 2.79. The van der Waals surface area contributed by atoms with Crippen molar-refractivity contribution in [1.29, 1.82) is 0 Å². The van der Waals surface area contributed by atoms with Gasteiger partial charge in [-0.15, -0.1) is 0 Å². The molecule has 1 fully saturated rings. The molecule has 0 aromatic carbocycles. The largest absolute Gasteiger partial charge is 0.351 e. The molecule has 5 heteroatoms. The fraction of sp³-hybridized carbons (Fsp3) is 0.722. The second-order valence-electron chi connectivity index (χ2n) is 7.32. The minimum atomic E-state index is -0.315. The first-order chi connectivity index (χ1) is 11.0. The maximum absolute atomic E-state index is 12.4. The SMILES string of the molecule is CCCC(=O)N1Cc2nc(NC3CCCCC3)ncc2C1(C)C. The summed E-state index contributed by atoms with van der Waals surface area (Å²) in [5, 5.41) is 3.48. The summed E-state index contributed by atoms with van der Waals surface area (Å²) < 4.78 is 0. The second kappa shape index (κ2) is 6.46. The number of anilines is 1. The molecular formula is C18H28N4O. The number of hydrogen-bond acceptors (Lipinski definition) is 4. The van der Waals surface area contributed by atoms with Crippen LogP contribution in [0.25, 0.3) is 0 Å². The van der Waals surface area contributed by atoms with E-state index in [0.717, 1.165) is 23.6 Å². The van der Waals surface area contributed by atoms with E-state index in [2.05, 4.69) is 24.1 Å². The molecule has 0 spiro atoms. The lowest BCUT2D eigenvalue weighted by molar-refractivity contribution is -0.136. The Hall–Kier alpha value is -1.65. The van der Waals surface area contributed by atoms with Crippen LogP contribution in [-0.4, -0.2) is 26.8 Å². The molecule has 0 radical (unpaired) electrons. The minimum absolute atomic E-state index is 0.206. The summed E-state index contributed by atoms with van der Waals surface area (Å²) in [5.41, 5.74) is 1.76. The van der Waals surface area contributed by atoms with Gasteiger partial charge < -0.3 is 10.2 Å². The first kappa shape index (κ1) is 16.2. The molecular weight excluding hydrogens is 288 g/mol. The molecule has 2 aliphatic rings. The number of hydrogen-bond donors (Lipinski definition) is 1. The number of nitrogens with zero attached hydrogens (tertiary/aromatic N) is 3. The summed E-state index contributed by atoms with van der Waals surface area (Å²) in [7, 11) is 0. The number of aromatic nitrogens is 2. The van der Waals surface area contributed by atoms with Crippen molar-refractivity contribution < 1.29 is 4.79 Å². The van der Waals surface area contributed by atoms with Crippen molar-refractivity contribution in [2.24, 2.45) is 0 Å². The van der Waals surface area contributed by atoms with Crippen LogP contribution < -0.4 is 5.32 Å². The van der Waals surface area contributed by atoms with E-state index in [0.29, 0.717) is 19.0 Å². The molecule has 1 aromatic heterocycles. The van der Waals surface area contributed by atoms with Crippen LogP contribution in [0.2, 0.25) is 0 Å². The Morgan fingerprint density at radius 1 is 1.35 bits per heavy atom. The van der Waals surface area contributed by atoms with Crippen molar-refractivity contribution in [1.82, 2.24) is 14.9 Å². The van der Waals surface area contributed by atoms with Crippen molar-refractivity contribution in [2.45, 2.75) is 83.8 Å². The van der Waals surface area contributed by atoms with E-state index in [1.54, 1.807) is 0 Å². The lowest BCUT2D eigenvalue weighted by Gasteiger charge is -2.32. The van der Waals surface area contributed by atoms with E-state index in [1.165, 1.54) is 32.1 Å². The predicted molar refractivity (Wildman–Crippen MR) is 91.0 cm³/mol. The highest BCUT2D eigenvalue weighted by Gasteiger charge is 2.41. The fourth-order valence-electron chi connectivity index (χ4n) is 3.79. The summed E-state index contributed by atoms with van der Waals surface area (Å²) >= 11 is 0. The molecule has 23 heavy (non-hydrogen) atoms. The quantitative estimate of drug-likeness (QED) is 0.922. The predicted octanol–water partition coefficient (Wildman–Crippen LogP) is 3.60. The van der Waals surface area contributed by atoms with Crippen LogP contribution in [0, 0.1) is 0 Å². The third kappa shape index (κ3) is 3.19. The van der Waals surface area contributed by atoms with Gasteiger partial charge >= 0.3 is 0 Å². The monoisotopic (exact) mass is 316 g/mol. The Labute approximate surface area is 138 Å². The standard InChI is InChI=1S/C18H28N4O/c1-4-8-16(23)22-12-15-14(18(22,2)3)11-19-17(21-15)20-13-9-6-5-7-10-13/h11,13H,4-10,12H2,1-3H3,(H,19,20,21). The molecule has 126 valence electrons. The lowest BCUT2D eigenvalue weighted by atomic mass is 9.95. The third-order valence-corrected chi connectivity index (χ3v) is 5.21. The van der Waals surface area contributed by atoms with Crippen LogP contribution in [0.4, 0.5) is 5.95 Å². The Morgan fingerprint density at radius 2 is 2.09 bits per heavy atom. The molecule has 1 amide bonds. The van der Waals surface area contributed by atoms with E-state index >= 15 is 0 Å². The first-order valence-corrected chi connectivity index (χ1v) is 8.95. The van der Waals surface area contributed by atoms with Crippen molar-refractivity contribution in [3.8, 4) is 0 Å². The van der Waals surface area contributed by atoms with Crippen LogP contribution in [-0.2, 0) is 16.9 Å². The van der Waals surface area contributed by atoms with E-state index in [4.69, 9.17) is 4.98 Å². The van der Waals surface area contributed by atoms with Gasteiger partial charge in [0.2, 0.25) is 11.9 Å². The molecule has 0 unspecified atom stereocenters. The van der Waals surface area contributed by atoms with Gasteiger partial charge in [0, 0.05) is 24.2 Å². The zero-order valence-corrected chi connectivity index (χ0v) is 14.6. The number of carbonyl (C=O) groups excluding carboxylic acids is 1. The molecule has 0 saturated heterocycles. The second-order valence-corrected chi connectivity index (χ2v) is 7.32. The number of carbonyl (C=O) groups is 1. The van der Waals surface area contributed by atoms with Crippen LogP contribution in [0.5, 0.6) is 0 Å². The Balaban J connectivity index is 1.77. The van der Waals surface area contributed by atoms with Gasteiger partial charge in [0.15, 0.2) is 0 Å².